The van der Waals surface area contributed by atoms with Crippen LogP contribution in [0.15, 0.2) is 0 Å². The van der Waals surface area contributed by atoms with Crippen LogP contribution in [-0.2, 0) is 17.7 Å². The van der Waals surface area contributed by atoms with Gasteiger partial charge in [-0.2, -0.15) is 0 Å². The van der Waals surface area contributed by atoms with Gasteiger partial charge in [0.05, 0.1) is 16.8 Å². The highest BCUT2D eigenvalue weighted by Gasteiger charge is 2.54. The summed E-state index contributed by atoms with van der Waals surface area (Å²) in [5.74, 6) is 0. The minimum atomic E-state index is -3.26. The molecule has 0 atom stereocenters. The van der Waals surface area contributed by atoms with Gasteiger partial charge in [-0.05, 0) is 76.2 Å². The fourth-order valence-electron chi connectivity index (χ4n) is 1.55. The van der Waals surface area contributed by atoms with E-state index in [1.165, 1.54) is 0 Å². The van der Waals surface area contributed by atoms with E-state index in [1.54, 1.807) is 0 Å². The largest absolute Gasteiger partial charge is 0.681 e. The second-order valence-corrected chi connectivity index (χ2v) is 10.2. The quantitative estimate of drug-likeness (QED) is 0.710. The third-order valence-corrected chi connectivity index (χ3v) is 5.02. The van der Waals surface area contributed by atoms with Crippen LogP contribution in [0.1, 0.15) is 76.2 Å². The summed E-state index contributed by atoms with van der Waals surface area (Å²) in [7, 11) is -3.26. The molecule has 122 valence electrons. The summed E-state index contributed by atoms with van der Waals surface area (Å²) < 4.78 is 24.5. The van der Waals surface area contributed by atoms with Gasteiger partial charge < -0.3 is 17.7 Å². The third kappa shape index (κ3) is 9.88. The molecule has 0 fully saturated rings. The summed E-state index contributed by atoms with van der Waals surface area (Å²) in [5.41, 5.74) is -1.22. The maximum absolute atomic E-state index is 6.16. The molecule has 0 aliphatic heterocycles. The highest BCUT2D eigenvalue weighted by Crippen LogP contribution is 2.30. The Morgan fingerprint density at radius 2 is 0.850 bits per heavy atom. The summed E-state index contributed by atoms with van der Waals surface area (Å²) >= 11 is 0. The van der Waals surface area contributed by atoms with Crippen LogP contribution in [0, 0.1) is 0 Å². The first-order chi connectivity index (χ1) is 8.54. The molecule has 0 unspecified atom stereocenters. The fraction of sp³-hybridized carbons (Fsp3) is 1.00. The monoisotopic (exact) mass is 306 g/mol. The topological polar surface area (TPSA) is 36.9 Å². The van der Waals surface area contributed by atoms with E-state index in [2.05, 4.69) is 0 Å². The average Bonchev–Trinajstić information content (AvgIpc) is 1.86. The SMILES string of the molecule is CC(C)O[Si](OC(C)(C)C)(OC(C)(C)C)OC(C)(C)C. The van der Waals surface area contributed by atoms with Crippen molar-refractivity contribution in [2.75, 3.05) is 0 Å². The molecule has 0 heterocycles. The Bertz CT molecular complexity index is 254. The summed E-state index contributed by atoms with van der Waals surface area (Å²) in [6.45, 7) is 21.8. The number of hydrogen-bond acceptors (Lipinski definition) is 4. The van der Waals surface area contributed by atoms with E-state index in [4.69, 9.17) is 17.7 Å². The smallest absolute Gasteiger partial charge is 0.349 e. The minimum Gasteiger partial charge on any atom is -0.349 e. The zero-order valence-electron chi connectivity index (χ0n) is 15.2. The zero-order chi connectivity index (χ0) is 16.4. The Kier molecular flexibility index (Phi) is 6.46. The van der Waals surface area contributed by atoms with Gasteiger partial charge in [0.1, 0.15) is 0 Å². The van der Waals surface area contributed by atoms with Crippen molar-refractivity contribution in [3.05, 3.63) is 0 Å². The summed E-state index contributed by atoms with van der Waals surface area (Å²) in [4.78, 5) is 0. The van der Waals surface area contributed by atoms with Crippen molar-refractivity contribution >= 4 is 9.05 Å². The van der Waals surface area contributed by atoms with Crippen molar-refractivity contribution < 1.29 is 17.7 Å². The van der Waals surface area contributed by atoms with E-state index in [0.29, 0.717) is 0 Å². The van der Waals surface area contributed by atoms with Crippen LogP contribution in [0.5, 0.6) is 0 Å². The van der Waals surface area contributed by atoms with E-state index in [-0.39, 0.29) is 6.10 Å². The maximum Gasteiger partial charge on any atom is 0.681 e. The molecule has 0 aliphatic carbocycles. The Labute approximate surface area is 126 Å². The van der Waals surface area contributed by atoms with Gasteiger partial charge in [-0.15, -0.1) is 0 Å². The van der Waals surface area contributed by atoms with Gasteiger partial charge in [-0.3, -0.25) is 0 Å². The van der Waals surface area contributed by atoms with Gasteiger partial charge in [0.15, 0.2) is 0 Å². The highest BCUT2D eigenvalue weighted by molar-refractivity contribution is 6.54. The van der Waals surface area contributed by atoms with E-state index in [9.17, 15) is 0 Å². The Morgan fingerprint density at radius 3 is 1.00 bits per heavy atom. The Morgan fingerprint density at radius 1 is 0.600 bits per heavy atom. The van der Waals surface area contributed by atoms with Crippen molar-refractivity contribution in [1.82, 2.24) is 0 Å². The molecule has 0 bridgehead atoms. The Hall–Kier alpha value is 0.0569. The van der Waals surface area contributed by atoms with Crippen LogP contribution < -0.4 is 0 Å². The van der Waals surface area contributed by atoms with Crippen LogP contribution in [0.25, 0.3) is 0 Å². The van der Waals surface area contributed by atoms with Gasteiger partial charge in [-0.25, -0.2) is 0 Å². The first kappa shape index (κ1) is 20.1. The number of rotatable bonds is 5. The van der Waals surface area contributed by atoms with Crippen LogP contribution in [0.2, 0.25) is 0 Å². The normalized spacial score (nSPS) is 15.0. The molecule has 0 rings (SSSR count). The van der Waals surface area contributed by atoms with E-state index < -0.39 is 25.9 Å². The lowest BCUT2D eigenvalue weighted by molar-refractivity contribution is -0.141. The standard InChI is InChI=1S/C15H34O4Si/c1-12(2)16-20(17-13(3,4)5,18-14(6,7)8)19-15(9,10)11/h12H,1-11H3. The molecule has 0 spiro atoms. The van der Waals surface area contributed by atoms with Crippen LogP contribution in [-0.4, -0.2) is 32.0 Å². The van der Waals surface area contributed by atoms with Gasteiger partial charge in [-0.1, -0.05) is 0 Å². The lowest BCUT2D eigenvalue weighted by Crippen LogP contribution is -2.60. The van der Waals surface area contributed by atoms with Crippen molar-refractivity contribution in [2.45, 2.75) is 99.1 Å². The lowest BCUT2D eigenvalue weighted by atomic mass is 10.2. The predicted octanol–water partition coefficient (Wildman–Crippen LogP) is 4.29. The average molecular weight is 307 g/mol. The van der Waals surface area contributed by atoms with Gasteiger partial charge >= 0.3 is 9.05 Å². The van der Waals surface area contributed by atoms with Gasteiger partial charge in [0.2, 0.25) is 0 Å². The van der Waals surface area contributed by atoms with E-state index in [1.807, 2.05) is 76.2 Å². The van der Waals surface area contributed by atoms with Crippen LogP contribution in [0.3, 0.4) is 0 Å². The molecule has 0 amide bonds. The van der Waals surface area contributed by atoms with Crippen molar-refractivity contribution in [3.63, 3.8) is 0 Å². The Balaban J connectivity index is 5.50. The van der Waals surface area contributed by atoms with Crippen LogP contribution >= 0.6 is 0 Å². The predicted molar refractivity (Wildman–Crippen MR) is 84.5 cm³/mol. The first-order valence-electron chi connectivity index (χ1n) is 7.32. The van der Waals surface area contributed by atoms with Crippen LogP contribution in [0.4, 0.5) is 0 Å². The summed E-state index contributed by atoms with van der Waals surface area (Å²) in [5, 5.41) is 0. The molecule has 0 N–H and O–H groups in total. The molecule has 0 aromatic rings. The highest BCUT2D eigenvalue weighted by atomic mass is 28.4. The molecular weight excluding hydrogens is 272 g/mol. The molecule has 0 radical (unpaired) electrons. The zero-order valence-corrected chi connectivity index (χ0v) is 16.2. The third-order valence-electron chi connectivity index (χ3n) is 1.67. The van der Waals surface area contributed by atoms with Crippen molar-refractivity contribution in [3.8, 4) is 0 Å². The lowest BCUT2D eigenvalue weighted by Gasteiger charge is -2.41. The molecule has 0 saturated heterocycles. The molecule has 4 nitrogen and oxygen atoms in total. The van der Waals surface area contributed by atoms with E-state index >= 15 is 0 Å². The molecular formula is C15H34O4Si. The first-order valence-corrected chi connectivity index (χ1v) is 8.95. The molecule has 20 heavy (non-hydrogen) atoms. The molecule has 0 aromatic heterocycles. The molecule has 0 saturated carbocycles. The second-order valence-electron chi connectivity index (χ2n) is 8.31. The minimum absolute atomic E-state index is 0.0336. The number of hydrogen-bond donors (Lipinski definition) is 0. The second kappa shape index (κ2) is 6.44. The van der Waals surface area contributed by atoms with Gasteiger partial charge in [0, 0.05) is 6.10 Å². The van der Waals surface area contributed by atoms with Gasteiger partial charge in [0.25, 0.3) is 0 Å². The molecule has 0 aliphatic rings. The summed E-state index contributed by atoms with van der Waals surface area (Å²) in [6.07, 6.45) is -0.0336. The summed E-state index contributed by atoms with van der Waals surface area (Å²) in [6, 6.07) is 0. The van der Waals surface area contributed by atoms with Crippen molar-refractivity contribution in [1.29, 1.82) is 0 Å². The maximum atomic E-state index is 6.16. The fourth-order valence-corrected chi connectivity index (χ4v) is 4.65. The molecule has 5 heteroatoms. The molecule has 0 aromatic carbocycles. The van der Waals surface area contributed by atoms with Crippen molar-refractivity contribution in [2.24, 2.45) is 0 Å². The van der Waals surface area contributed by atoms with E-state index in [0.717, 1.165) is 0 Å².